The highest BCUT2D eigenvalue weighted by molar-refractivity contribution is 6.29. The van der Waals surface area contributed by atoms with Crippen LogP contribution in [0.4, 0.5) is 0 Å². The Morgan fingerprint density at radius 1 is 1.32 bits per heavy atom. The van der Waals surface area contributed by atoms with Gasteiger partial charge in [0.15, 0.2) is 5.96 Å². The third kappa shape index (κ3) is 7.83. The highest BCUT2D eigenvalue weighted by atomic mass is 35.5. The fourth-order valence-corrected chi connectivity index (χ4v) is 1.84. The first kappa shape index (κ1) is 18.2. The molecule has 0 bridgehead atoms. The van der Waals surface area contributed by atoms with Gasteiger partial charge in [0, 0.05) is 25.3 Å². The van der Waals surface area contributed by atoms with Crippen LogP contribution in [0.3, 0.4) is 0 Å². The van der Waals surface area contributed by atoms with Gasteiger partial charge in [-0.1, -0.05) is 17.7 Å². The molecular weight excluding hydrogens is 302 g/mol. The Kier molecular flexibility index (Phi) is 7.11. The topological polar surface area (TPSA) is 78.4 Å². The number of hydrogen-bond donors (Lipinski definition) is 3. The Balaban J connectivity index is 2.31. The van der Waals surface area contributed by atoms with Crippen molar-refractivity contribution in [2.75, 3.05) is 20.1 Å². The Morgan fingerprint density at radius 3 is 2.59 bits per heavy atom. The number of carbonyl (C=O) groups excluding carboxylic acids is 1. The van der Waals surface area contributed by atoms with Crippen LogP contribution in [-0.2, 0) is 11.2 Å². The van der Waals surface area contributed by atoms with Crippen molar-refractivity contribution in [2.45, 2.75) is 32.7 Å². The number of amides is 1. The van der Waals surface area contributed by atoms with Crippen LogP contribution in [0.15, 0.2) is 23.3 Å². The van der Waals surface area contributed by atoms with Crippen LogP contribution >= 0.6 is 11.6 Å². The van der Waals surface area contributed by atoms with Crippen LogP contribution in [0.1, 0.15) is 26.3 Å². The average Bonchev–Trinajstić information content (AvgIpc) is 2.42. The Hall–Kier alpha value is -1.82. The fraction of sp³-hybridized carbons (Fsp3) is 0.533. The standard InChI is InChI=1S/C15H24ClN5O/c1-15(2,3)21-13(22)10-20-14(17-4)18-8-7-11-5-6-12(16)19-9-11/h5-6,9H,7-8,10H2,1-4H3,(H,21,22)(H2,17,18,20). The molecule has 0 radical (unpaired) electrons. The summed E-state index contributed by atoms with van der Waals surface area (Å²) in [5.74, 6) is 0.517. The first-order chi connectivity index (χ1) is 10.3. The van der Waals surface area contributed by atoms with E-state index in [9.17, 15) is 4.79 Å². The summed E-state index contributed by atoms with van der Waals surface area (Å²) in [6.45, 7) is 6.69. The maximum atomic E-state index is 11.7. The van der Waals surface area contributed by atoms with E-state index >= 15 is 0 Å². The average molecular weight is 326 g/mol. The van der Waals surface area contributed by atoms with Crippen molar-refractivity contribution < 1.29 is 4.79 Å². The molecule has 1 rings (SSSR count). The van der Waals surface area contributed by atoms with E-state index in [1.54, 1.807) is 19.3 Å². The van der Waals surface area contributed by atoms with Gasteiger partial charge in [0.2, 0.25) is 5.91 Å². The minimum absolute atomic E-state index is 0.0719. The second kappa shape index (κ2) is 8.58. The highest BCUT2D eigenvalue weighted by Gasteiger charge is 2.13. The minimum atomic E-state index is -0.239. The lowest BCUT2D eigenvalue weighted by Crippen LogP contribution is -2.48. The highest BCUT2D eigenvalue weighted by Crippen LogP contribution is 2.05. The predicted molar refractivity (Wildman–Crippen MR) is 90.2 cm³/mol. The molecule has 1 amide bonds. The lowest BCUT2D eigenvalue weighted by Gasteiger charge is -2.21. The van der Waals surface area contributed by atoms with Crippen LogP contribution in [0.2, 0.25) is 5.15 Å². The SMILES string of the molecule is CN=C(NCCc1ccc(Cl)nc1)NCC(=O)NC(C)(C)C. The summed E-state index contributed by atoms with van der Waals surface area (Å²) in [6, 6.07) is 3.70. The molecule has 6 nitrogen and oxygen atoms in total. The van der Waals surface area contributed by atoms with E-state index < -0.39 is 0 Å². The number of nitrogens with one attached hydrogen (secondary N) is 3. The first-order valence-electron chi connectivity index (χ1n) is 7.16. The number of nitrogens with zero attached hydrogens (tertiary/aromatic N) is 2. The minimum Gasteiger partial charge on any atom is -0.356 e. The summed E-state index contributed by atoms with van der Waals surface area (Å²) in [5, 5.41) is 9.49. The van der Waals surface area contributed by atoms with E-state index in [4.69, 9.17) is 11.6 Å². The number of halogens is 1. The van der Waals surface area contributed by atoms with E-state index in [0.29, 0.717) is 17.7 Å². The summed E-state index contributed by atoms with van der Waals surface area (Å²) >= 11 is 5.74. The molecule has 0 spiro atoms. The van der Waals surface area contributed by atoms with E-state index in [1.807, 2.05) is 26.8 Å². The molecule has 0 unspecified atom stereocenters. The van der Waals surface area contributed by atoms with Crippen molar-refractivity contribution >= 4 is 23.5 Å². The third-order valence-corrected chi connectivity index (χ3v) is 2.87. The van der Waals surface area contributed by atoms with Gasteiger partial charge in [0.25, 0.3) is 0 Å². The Morgan fingerprint density at radius 2 is 2.05 bits per heavy atom. The summed E-state index contributed by atoms with van der Waals surface area (Å²) in [4.78, 5) is 19.8. The van der Waals surface area contributed by atoms with Gasteiger partial charge in [-0.05, 0) is 38.8 Å². The zero-order valence-corrected chi connectivity index (χ0v) is 14.3. The number of rotatable bonds is 5. The molecular formula is C15H24ClN5O. The van der Waals surface area contributed by atoms with Gasteiger partial charge in [-0.3, -0.25) is 9.79 Å². The van der Waals surface area contributed by atoms with Crippen LogP contribution < -0.4 is 16.0 Å². The lowest BCUT2D eigenvalue weighted by molar-refractivity contribution is -0.121. The van der Waals surface area contributed by atoms with Gasteiger partial charge in [-0.25, -0.2) is 4.98 Å². The smallest absolute Gasteiger partial charge is 0.239 e. The van der Waals surface area contributed by atoms with Crippen molar-refractivity contribution in [3.63, 3.8) is 0 Å². The van der Waals surface area contributed by atoms with Crippen molar-refractivity contribution in [3.8, 4) is 0 Å². The number of carbonyl (C=O) groups is 1. The molecule has 0 aliphatic carbocycles. The molecule has 22 heavy (non-hydrogen) atoms. The van der Waals surface area contributed by atoms with Gasteiger partial charge < -0.3 is 16.0 Å². The molecule has 1 aromatic rings. The van der Waals surface area contributed by atoms with E-state index in [-0.39, 0.29) is 18.0 Å². The van der Waals surface area contributed by atoms with Crippen molar-refractivity contribution in [1.82, 2.24) is 20.9 Å². The predicted octanol–water partition coefficient (Wildman–Crippen LogP) is 1.36. The van der Waals surface area contributed by atoms with Crippen LogP contribution in [0.25, 0.3) is 0 Å². The Bertz CT molecular complexity index is 508. The number of aromatic nitrogens is 1. The molecule has 0 aliphatic rings. The fourth-order valence-electron chi connectivity index (χ4n) is 1.73. The number of aliphatic imine (C=N–C) groups is 1. The number of pyridine rings is 1. The number of guanidine groups is 1. The van der Waals surface area contributed by atoms with Crippen LogP contribution in [0.5, 0.6) is 0 Å². The van der Waals surface area contributed by atoms with Crippen LogP contribution in [0, 0.1) is 0 Å². The molecule has 1 heterocycles. The summed E-state index contributed by atoms with van der Waals surface area (Å²) in [5.41, 5.74) is 0.843. The van der Waals surface area contributed by atoms with E-state index in [1.165, 1.54) is 0 Å². The molecule has 3 N–H and O–H groups in total. The molecule has 0 atom stereocenters. The molecule has 0 aromatic carbocycles. The van der Waals surface area contributed by atoms with E-state index in [0.717, 1.165) is 12.0 Å². The molecule has 1 aromatic heterocycles. The van der Waals surface area contributed by atoms with Crippen molar-refractivity contribution in [2.24, 2.45) is 4.99 Å². The largest absolute Gasteiger partial charge is 0.356 e. The third-order valence-electron chi connectivity index (χ3n) is 2.65. The second-order valence-corrected chi connectivity index (χ2v) is 6.28. The van der Waals surface area contributed by atoms with E-state index in [2.05, 4.69) is 25.9 Å². The molecule has 0 aliphatic heterocycles. The van der Waals surface area contributed by atoms with Crippen molar-refractivity contribution in [3.05, 3.63) is 29.0 Å². The van der Waals surface area contributed by atoms with Gasteiger partial charge in [0.05, 0.1) is 6.54 Å². The molecule has 122 valence electrons. The van der Waals surface area contributed by atoms with Gasteiger partial charge in [-0.2, -0.15) is 0 Å². The zero-order valence-electron chi connectivity index (χ0n) is 13.5. The Labute approximate surface area is 136 Å². The summed E-state index contributed by atoms with van der Waals surface area (Å²) in [7, 11) is 1.67. The summed E-state index contributed by atoms with van der Waals surface area (Å²) in [6.07, 6.45) is 2.54. The molecule has 7 heteroatoms. The van der Waals surface area contributed by atoms with Gasteiger partial charge in [-0.15, -0.1) is 0 Å². The summed E-state index contributed by atoms with van der Waals surface area (Å²) < 4.78 is 0. The quantitative estimate of drug-likeness (QED) is 0.434. The van der Waals surface area contributed by atoms with Crippen molar-refractivity contribution in [1.29, 1.82) is 0 Å². The lowest BCUT2D eigenvalue weighted by atomic mass is 10.1. The monoisotopic (exact) mass is 325 g/mol. The zero-order chi connectivity index (χ0) is 16.6. The van der Waals surface area contributed by atoms with Gasteiger partial charge >= 0.3 is 0 Å². The van der Waals surface area contributed by atoms with Crippen LogP contribution in [-0.4, -0.2) is 42.5 Å². The number of hydrogen-bond acceptors (Lipinski definition) is 3. The van der Waals surface area contributed by atoms with Gasteiger partial charge in [0.1, 0.15) is 5.15 Å². The maximum absolute atomic E-state index is 11.7. The first-order valence-corrected chi connectivity index (χ1v) is 7.54. The molecule has 0 saturated carbocycles. The molecule has 0 fully saturated rings. The normalized spacial score (nSPS) is 12.0. The molecule has 0 saturated heterocycles. The maximum Gasteiger partial charge on any atom is 0.239 e. The second-order valence-electron chi connectivity index (χ2n) is 5.89.